The summed E-state index contributed by atoms with van der Waals surface area (Å²) in [6, 6.07) is 68.6. The van der Waals surface area contributed by atoms with Gasteiger partial charge in [-0.1, -0.05) is 152 Å². The van der Waals surface area contributed by atoms with Crippen LogP contribution in [0.2, 0.25) is 0 Å². The van der Waals surface area contributed by atoms with Gasteiger partial charge in [-0.25, -0.2) is 0 Å². The van der Waals surface area contributed by atoms with Gasteiger partial charge in [0.05, 0.1) is 5.69 Å². The predicted molar refractivity (Wildman–Crippen MR) is 217 cm³/mol. The minimum atomic E-state index is 1.12. The Bertz CT molecular complexity index is 2870. The maximum Gasteiger partial charge on any atom is 0.0546 e. The number of hydrogen-bond donors (Lipinski definition) is 0. The molecule has 0 saturated carbocycles. The Labute approximate surface area is 294 Å². The highest BCUT2D eigenvalue weighted by atomic mass is 32.1. The normalized spacial score (nSPS) is 11.6. The Morgan fingerprint density at radius 3 is 1.86 bits per heavy atom. The number of rotatable bonds is 5. The molecule has 1 nitrogen and oxygen atoms in total. The van der Waals surface area contributed by atoms with Crippen LogP contribution in [0.15, 0.2) is 188 Å². The summed E-state index contributed by atoms with van der Waals surface area (Å²) >= 11 is 1.89. The fourth-order valence-corrected chi connectivity index (χ4v) is 8.94. The van der Waals surface area contributed by atoms with Gasteiger partial charge in [-0.2, -0.15) is 0 Å². The van der Waals surface area contributed by atoms with Crippen molar-refractivity contribution in [3.05, 3.63) is 188 Å². The molecule has 1 heterocycles. The van der Waals surface area contributed by atoms with E-state index >= 15 is 0 Å². The number of nitrogens with zero attached hydrogens (tertiary/aromatic N) is 1. The van der Waals surface area contributed by atoms with Gasteiger partial charge in [0.1, 0.15) is 0 Å². The first kappa shape index (κ1) is 28.8. The van der Waals surface area contributed by atoms with Gasteiger partial charge in [-0.3, -0.25) is 0 Å². The van der Waals surface area contributed by atoms with Crippen LogP contribution in [-0.4, -0.2) is 0 Å². The highest BCUT2D eigenvalue weighted by Gasteiger charge is 2.19. The zero-order chi connectivity index (χ0) is 33.0. The largest absolute Gasteiger partial charge is 0.310 e. The molecule has 50 heavy (non-hydrogen) atoms. The number of anilines is 3. The SMILES string of the molecule is c1ccc(-c2cccc(N(c3ccc(-c4cccc5c4sc4ccc6ccccc6c45)cc3)c3cc4ccccc4c4ccccc34)c2)cc1. The first-order chi connectivity index (χ1) is 24.8. The zero-order valence-electron chi connectivity index (χ0n) is 27.3. The van der Waals surface area contributed by atoms with Crippen LogP contribution >= 0.6 is 11.3 Å². The molecule has 9 aromatic carbocycles. The Morgan fingerprint density at radius 1 is 0.360 bits per heavy atom. The highest BCUT2D eigenvalue weighted by Crippen LogP contribution is 2.45. The summed E-state index contributed by atoms with van der Waals surface area (Å²) in [5.41, 5.74) is 8.29. The van der Waals surface area contributed by atoms with Gasteiger partial charge in [-0.15, -0.1) is 11.3 Å². The van der Waals surface area contributed by atoms with Crippen LogP contribution in [-0.2, 0) is 0 Å². The van der Waals surface area contributed by atoms with E-state index in [2.05, 4.69) is 193 Å². The van der Waals surface area contributed by atoms with E-state index in [9.17, 15) is 0 Å². The third-order valence-corrected chi connectivity index (χ3v) is 11.2. The molecule has 0 unspecified atom stereocenters. The van der Waals surface area contributed by atoms with Crippen LogP contribution in [0.3, 0.4) is 0 Å². The Hall–Kier alpha value is -6.22. The standard InChI is InChI=1S/C48H31NS/c1-2-12-32(13-3-1)35-16-10-17-38(30-35)49(45-31-36-15-5-6-18-39(36)42-20-8-9-21-43(42)45)37-27-24-34(25-28-37)41-22-11-23-44-47-40-19-7-4-14-33(40)26-29-46(47)50-48(41)44/h1-31H. The monoisotopic (exact) mass is 653 g/mol. The lowest BCUT2D eigenvalue weighted by molar-refractivity contribution is 1.30. The van der Waals surface area contributed by atoms with Crippen LogP contribution in [0.25, 0.3) is 74.7 Å². The average Bonchev–Trinajstić information content (AvgIpc) is 3.59. The minimum absolute atomic E-state index is 1.12. The van der Waals surface area contributed by atoms with Gasteiger partial charge in [0.2, 0.25) is 0 Å². The molecule has 1 aromatic heterocycles. The molecule has 0 saturated heterocycles. The number of benzene rings is 9. The summed E-state index contributed by atoms with van der Waals surface area (Å²) < 4.78 is 2.66. The maximum absolute atomic E-state index is 2.43. The molecule has 0 N–H and O–H groups in total. The van der Waals surface area contributed by atoms with Crippen molar-refractivity contribution in [1.29, 1.82) is 0 Å². The second kappa shape index (κ2) is 11.7. The van der Waals surface area contributed by atoms with Gasteiger partial charge in [0.15, 0.2) is 0 Å². The molecule has 0 amide bonds. The quantitative estimate of drug-likeness (QED) is 0.167. The number of hydrogen-bond acceptors (Lipinski definition) is 2. The lowest BCUT2D eigenvalue weighted by atomic mass is 9.98. The van der Waals surface area contributed by atoms with Gasteiger partial charge >= 0.3 is 0 Å². The molecule has 0 fully saturated rings. The van der Waals surface area contributed by atoms with E-state index in [4.69, 9.17) is 0 Å². The topological polar surface area (TPSA) is 3.24 Å². The molecule has 0 atom stereocenters. The van der Waals surface area contributed by atoms with E-state index in [1.54, 1.807) is 0 Å². The Balaban J connectivity index is 1.16. The van der Waals surface area contributed by atoms with Crippen molar-refractivity contribution in [2.75, 3.05) is 4.90 Å². The molecule has 2 heteroatoms. The molecule has 0 aliphatic carbocycles. The molecule has 234 valence electrons. The van der Waals surface area contributed by atoms with Gasteiger partial charge < -0.3 is 4.90 Å². The summed E-state index contributed by atoms with van der Waals surface area (Å²) in [6.07, 6.45) is 0. The van der Waals surface area contributed by atoms with Crippen molar-refractivity contribution < 1.29 is 0 Å². The van der Waals surface area contributed by atoms with E-state index in [0.29, 0.717) is 0 Å². The summed E-state index contributed by atoms with van der Waals surface area (Å²) in [6.45, 7) is 0. The third-order valence-electron chi connectivity index (χ3n) is 10.0. The van der Waals surface area contributed by atoms with Crippen molar-refractivity contribution in [2.45, 2.75) is 0 Å². The second-order valence-electron chi connectivity index (χ2n) is 12.9. The summed E-state index contributed by atoms with van der Waals surface area (Å²) in [5.74, 6) is 0. The van der Waals surface area contributed by atoms with E-state index in [-0.39, 0.29) is 0 Å². The fraction of sp³-hybridized carbons (Fsp3) is 0. The molecular formula is C48H31NS. The van der Waals surface area contributed by atoms with Crippen molar-refractivity contribution in [1.82, 2.24) is 0 Å². The van der Waals surface area contributed by atoms with E-state index in [1.807, 2.05) is 11.3 Å². The van der Waals surface area contributed by atoms with Crippen LogP contribution in [0, 0.1) is 0 Å². The Kier molecular flexibility index (Phi) is 6.75. The lowest BCUT2D eigenvalue weighted by Gasteiger charge is -2.28. The molecule has 0 spiro atoms. The van der Waals surface area contributed by atoms with Crippen LogP contribution in [0.4, 0.5) is 17.1 Å². The molecular weight excluding hydrogens is 623 g/mol. The smallest absolute Gasteiger partial charge is 0.0546 e. The van der Waals surface area contributed by atoms with Gasteiger partial charge in [0.25, 0.3) is 0 Å². The third kappa shape index (κ3) is 4.69. The Morgan fingerprint density at radius 2 is 1.02 bits per heavy atom. The first-order valence-corrected chi connectivity index (χ1v) is 17.9. The maximum atomic E-state index is 2.43. The number of fused-ring (bicyclic) bond motifs is 8. The van der Waals surface area contributed by atoms with Crippen LogP contribution in [0.5, 0.6) is 0 Å². The summed E-state index contributed by atoms with van der Waals surface area (Å²) in [4.78, 5) is 2.43. The highest BCUT2D eigenvalue weighted by molar-refractivity contribution is 7.26. The van der Waals surface area contributed by atoms with Crippen molar-refractivity contribution in [3.8, 4) is 22.3 Å². The van der Waals surface area contributed by atoms with Gasteiger partial charge in [0, 0.05) is 36.9 Å². The second-order valence-corrected chi connectivity index (χ2v) is 14.0. The minimum Gasteiger partial charge on any atom is -0.310 e. The fourth-order valence-electron chi connectivity index (χ4n) is 7.69. The van der Waals surface area contributed by atoms with E-state index < -0.39 is 0 Å². The van der Waals surface area contributed by atoms with Gasteiger partial charge in [-0.05, 0) is 85.6 Å². The lowest BCUT2D eigenvalue weighted by Crippen LogP contribution is -2.10. The molecule has 0 bridgehead atoms. The van der Waals surface area contributed by atoms with Crippen LogP contribution in [0.1, 0.15) is 0 Å². The first-order valence-electron chi connectivity index (χ1n) is 17.1. The molecule has 10 rings (SSSR count). The number of thiophene rings is 1. The molecule has 0 aliphatic rings. The average molecular weight is 654 g/mol. The zero-order valence-corrected chi connectivity index (χ0v) is 28.1. The summed E-state index contributed by atoms with van der Waals surface area (Å²) in [5, 5.41) is 10.3. The molecule has 0 aliphatic heterocycles. The van der Waals surface area contributed by atoms with Crippen molar-refractivity contribution in [3.63, 3.8) is 0 Å². The van der Waals surface area contributed by atoms with Crippen molar-refractivity contribution >= 4 is 80.9 Å². The van der Waals surface area contributed by atoms with Crippen molar-refractivity contribution in [2.24, 2.45) is 0 Å². The molecule has 0 radical (unpaired) electrons. The van der Waals surface area contributed by atoms with E-state index in [1.165, 1.54) is 74.7 Å². The van der Waals surface area contributed by atoms with E-state index in [0.717, 1.165) is 17.1 Å². The summed E-state index contributed by atoms with van der Waals surface area (Å²) in [7, 11) is 0. The van der Waals surface area contributed by atoms with Crippen LogP contribution < -0.4 is 4.90 Å². The predicted octanol–water partition coefficient (Wildman–Crippen LogP) is 14.3. The molecule has 10 aromatic rings.